The Morgan fingerprint density at radius 1 is 2.00 bits per heavy atom. The predicted octanol–water partition coefficient (Wildman–Crippen LogP) is -0.377. The molecule has 1 aliphatic rings. The number of nitrogens with one attached hydrogen (secondary N) is 1. The zero-order valence-corrected chi connectivity index (χ0v) is 4.77. The predicted molar refractivity (Wildman–Crippen MR) is 28.1 cm³/mol. The number of hydroxylamine groups is 1. The Balaban J connectivity index is 2.35. The fourth-order valence-corrected chi connectivity index (χ4v) is 0.835. The highest BCUT2D eigenvalue weighted by Gasteiger charge is 2.23. The fourth-order valence-electron chi connectivity index (χ4n) is 0.364. The molecule has 1 heterocycles. The van der Waals surface area contributed by atoms with Gasteiger partial charge in [0, 0.05) is 18.6 Å². The molecule has 0 aromatic rings. The third-order valence-electron chi connectivity index (χ3n) is 0.767. The number of rotatable bonds is 1. The van der Waals surface area contributed by atoms with Crippen LogP contribution in [0, 0.1) is 0 Å². The van der Waals surface area contributed by atoms with Crippen molar-refractivity contribution in [3.05, 3.63) is 0 Å². The second-order valence-corrected chi connectivity index (χ2v) is 2.28. The summed E-state index contributed by atoms with van der Waals surface area (Å²) in [5.41, 5.74) is 2.44. The molecule has 4 nitrogen and oxygen atoms in total. The molecule has 8 heavy (non-hydrogen) atoms. The largest absolute Gasteiger partial charge is 0.480 e. The van der Waals surface area contributed by atoms with Crippen LogP contribution in [0.25, 0.3) is 0 Å². The van der Waals surface area contributed by atoms with Crippen LogP contribution in [0.15, 0.2) is 0 Å². The summed E-state index contributed by atoms with van der Waals surface area (Å²) in [4.78, 5) is 10.1. The van der Waals surface area contributed by atoms with Gasteiger partial charge in [-0.2, -0.15) is 5.48 Å². The van der Waals surface area contributed by atoms with Crippen LogP contribution in [-0.2, 0) is 9.08 Å². The van der Waals surface area contributed by atoms with Crippen molar-refractivity contribution >= 4 is 18.0 Å². The maximum absolute atomic E-state index is 10.1. The molecule has 5 heteroatoms. The Kier molecular flexibility index (Phi) is 1.72. The third-order valence-corrected chi connectivity index (χ3v) is 1.58. The van der Waals surface area contributed by atoms with Crippen molar-refractivity contribution in [3.63, 3.8) is 0 Å². The van der Waals surface area contributed by atoms with E-state index in [0.717, 1.165) is 12.0 Å². The first kappa shape index (κ1) is 5.87. The lowest BCUT2D eigenvalue weighted by Crippen LogP contribution is -2.20. The molecule has 1 aliphatic heterocycles. The van der Waals surface area contributed by atoms with Gasteiger partial charge >= 0.3 is 5.97 Å². The van der Waals surface area contributed by atoms with Crippen LogP contribution in [0.5, 0.6) is 0 Å². The second-order valence-electron chi connectivity index (χ2n) is 1.35. The van der Waals surface area contributed by atoms with Gasteiger partial charge in [0.15, 0.2) is 0 Å². The van der Waals surface area contributed by atoms with Crippen LogP contribution in [0.4, 0.5) is 0 Å². The van der Waals surface area contributed by atoms with Gasteiger partial charge in [0.05, 0.1) is 0 Å². The topological polar surface area (TPSA) is 58.6 Å². The molecule has 0 aromatic carbocycles. The molecule has 0 aliphatic carbocycles. The molecule has 0 spiro atoms. The summed E-state index contributed by atoms with van der Waals surface area (Å²) < 4.78 is 4.50. The highest BCUT2D eigenvalue weighted by atomic mass is 32.2. The number of hydrogen-bond acceptors (Lipinski definition) is 4. The van der Waals surface area contributed by atoms with E-state index in [1.54, 1.807) is 0 Å². The lowest BCUT2D eigenvalue weighted by Gasteiger charge is -1.92. The first-order valence-electron chi connectivity index (χ1n) is 2.08. The Morgan fingerprint density at radius 2 is 2.75 bits per heavy atom. The van der Waals surface area contributed by atoms with Gasteiger partial charge in [-0.3, -0.25) is 4.79 Å². The summed E-state index contributed by atoms with van der Waals surface area (Å²) in [6.07, 6.45) is 0. The standard InChI is InChI=1S/C3H5NO3S/c5-3(6)2-1-4-7-8-2/h2,4H,1H2,(H,5,6). The summed E-state index contributed by atoms with van der Waals surface area (Å²) in [5.74, 6) is -0.833. The fraction of sp³-hybridized carbons (Fsp3) is 0.667. The van der Waals surface area contributed by atoms with Gasteiger partial charge in [-0.05, 0) is 0 Å². The van der Waals surface area contributed by atoms with E-state index in [1.165, 1.54) is 0 Å². The molecule has 1 unspecified atom stereocenters. The molecule has 0 bridgehead atoms. The molecule has 46 valence electrons. The molecule has 1 rings (SSSR count). The Bertz CT molecular complexity index is 101. The van der Waals surface area contributed by atoms with Gasteiger partial charge in [-0.1, -0.05) is 0 Å². The van der Waals surface area contributed by atoms with E-state index in [2.05, 4.69) is 9.76 Å². The monoisotopic (exact) mass is 135 g/mol. The maximum Gasteiger partial charge on any atom is 0.320 e. The molecule has 2 N–H and O–H groups in total. The van der Waals surface area contributed by atoms with E-state index in [0.29, 0.717) is 6.54 Å². The van der Waals surface area contributed by atoms with Crippen LogP contribution < -0.4 is 5.48 Å². The van der Waals surface area contributed by atoms with E-state index < -0.39 is 11.2 Å². The second kappa shape index (κ2) is 2.34. The summed E-state index contributed by atoms with van der Waals surface area (Å²) in [6, 6.07) is 0. The van der Waals surface area contributed by atoms with E-state index in [-0.39, 0.29) is 0 Å². The minimum Gasteiger partial charge on any atom is -0.480 e. The summed E-state index contributed by atoms with van der Waals surface area (Å²) in [7, 11) is 0. The zero-order chi connectivity index (χ0) is 5.98. The molecule has 0 aromatic heterocycles. The zero-order valence-electron chi connectivity index (χ0n) is 3.96. The quantitative estimate of drug-likeness (QED) is 0.480. The van der Waals surface area contributed by atoms with Gasteiger partial charge in [0.1, 0.15) is 5.25 Å². The smallest absolute Gasteiger partial charge is 0.320 e. The lowest BCUT2D eigenvalue weighted by atomic mass is 10.4. The number of carbonyl (C=O) groups is 1. The van der Waals surface area contributed by atoms with Crippen molar-refractivity contribution in [2.24, 2.45) is 0 Å². The number of carboxylic acids is 1. The van der Waals surface area contributed by atoms with Gasteiger partial charge in [-0.25, -0.2) is 4.28 Å². The number of carboxylic acid groups (broad SMARTS) is 1. The van der Waals surface area contributed by atoms with Gasteiger partial charge < -0.3 is 5.11 Å². The lowest BCUT2D eigenvalue weighted by molar-refractivity contribution is -0.136. The van der Waals surface area contributed by atoms with Gasteiger partial charge in [0.2, 0.25) is 0 Å². The molecule has 0 radical (unpaired) electrons. The summed E-state index contributed by atoms with van der Waals surface area (Å²) in [5, 5.41) is 7.84. The first-order valence-corrected chi connectivity index (χ1v) is 2.89. The number of aliphatic carboxylic acids is 1. The Labute approximate surface area is 50.4 Å². The van der Waals surface area contributed by atoms with Crippen LogP contribution >= 0.6 is 12.0 Å². The van der Waals surface area contributed by atoms with Crippen LogP contribution in [0.2, 0.25) is 0 Å². The Morgan fingerprint density at radius 3 is 3.00 bits per heavy atom. The SMILES string of the molecule is O=C(O)C1CNOS1. The average Bonchev–Trinajstić information content (AvgIpc) is 2.12. The molecule has 1 fully saturated rings. The van der Waals surface area contributed by atoms with Crippen molar-refractivity contribution in [3.8, 4) is 0 Å². The van der Waals surface area contributed by atoms with Crippen molar-refractivity contribution in [1.82, 2.24) is 5.48 Å². The minimum atomic E-state index is -0.833. The third kappa shape index (κ3) is 1.12. The van der Waals surface area contributed by atoms with Crippen LogP contribution in [0.1, 0.15) is 0 Å². The summed E-state index contributed by atoms with van der Waals surface area (Å²) in [6.45, 7) is 0.389. The van der Waals surface area contributed by atoms with E-state index >= 15 is 0 Å². The van der Waals surface area contributed by atoms with Gasteiger partial charge in [0.25, 0.3) is 0 Å². The molecular formula is C3H5NO3S. The summed E-state index contributed by atoms with van der Waals surface area (Å²) >= 11 is 0.940. The van der Waals surface area contributed by atoms with E-state index in [4.69, 9.17) is 5.11 Å². The van der Waals surface area contributed by atoms with Crippen molar-refractivity contribution in [1.29, 1.82) is 0 Å². The highest BCUT2D eigenvalue weighted by Crippen LogP contribution is 2.15. The molecule has 0 amide bonds. The Hall–Kier alpha value is -0.260. The molecular weight excluding hydrogens is 130 g/mol. The van der Waals surface area contributed by atoms with Crippen molar-refractivity contribution < 1.29 is 14.2 Å². The van der Waals surface area contributed by atoms with Crippen LogP contribution in [-0.4, -0.2) is 22.9 Å². The van der Waals surface area contributed by atoms with Crippen LogP contribution in [0.3, 0.4) is 0 Å². The van der Waals surface area contributed by atoms with E-state index in [9.17, 15) is 4.79 Å². The average molecular weight is 135 g/mol. The van der Waals surface area contributed by atoms with Crippen molar-refractivity contribution in [2.45, 2.75) is 5.25 Å². The van der Waals surface area contributed by atoms with E-state index in [1.807, 2.05) is 0 Å². The van der Waals surface area contributed by atoms with Gasteiger partial charge in [-0.15, -0.1) is 0 Å². The first-order chi connectivity index (χ1) is 3.80. The molecule has 0 saturated carbocycles. The molecule has 1 saturated heterocycles. The minimum absolute atomic E-state index is 0.389. The molecule has 1 atom stereocenters. The number of hydrogen-bond donors (Lipinski definition) is 2. The van der Waals surface area contributed by atoms with Crippen molar-refractivity contribution in [2.75, 3.05) is 6.54 Å². The maximum atomic E-state index is 10.1. The normalized spacial score (nSPS) is 28.2. The highest BCUT2D eigenvalue weighted by molar-refractivity contribution is 7.96.